The first-order chi connectivity index (χ1) is 9.97. The molecule has 0 heterocycles. The number of hydrogen-bond donors (Lipinski definition) is 0. The summed E-state index contributed by atoms with van der Waals surface area (Å²) in [6.07, 6.45) is 1.77. The van der Waals surface area contributed by atoms with Crippen molar-refractivity contribution in [2.45, 2.75) is 38.5 Å². The number of rotatable bonds is 8. The third-order valence-electron chi connectivity index (χ3n) is 3.12. The molecule has 0 aliphatic heterocycles. The highest BCUT2D eigenvalue weighted by atomic mass is 32.2. The van der Waals surface area contributed by atoms with Crippen LogP contribution in [0.3, 0.4) is 0 Å². The van der Waals surface area contributed by atoms with Crippen molar-refractivity contribution < 1.29 is 17.9 Å². The summed E-state index contributed by atoms with van der Waals surface area (Å²) in [5.41, 5.74) is 0.354. The molecule has 0 N–H and O–H groups in total. The number of esters is 1. The maximum atomic E-state index is 12.5. The summed E-state index contributed by atoms with van der Waals surface area (Å²) in [5.74, 6) is -0.445. The summed E-state index contributed by atoms with van der Waals surface area (Å²) < 4.78 is 31.3. The van der Waals surface area contributed by atoms with Gasteiger partial charge in [-0.05, 0) is 37.6 Å². The topological polar surface area (TPSA) is 63.7 Å². The first-order valence-electron chi connectivity index (χ1n) is 7.24. The number of benzene rings is 1. The van der Waals surface area contributed by atoms with Crippen molar-refractivity contribution in [1.82, 2.24) is 4.31 Å². The van der Waals surface area contributed by atoms with E-state index >= 15 is 0 Å². The Hall–Kier alpha value is -1.40. The van der Waals surface area contributed by atoms with Crippen LogP contribution in [0.4, 0.5) is 0 Å². The van der Waals surface area contributed by atoms with Gasteiger partial charge in [0.1, 0.15) is 0 Å². The molecule has 1 aromatic rings. The monoisotopic (exact) mass is 313 g/mol. The molecule has 0 atom stereocenters. The molecule has 1 rings (SSSR count). The van der Waals surface area contributed by atoms with Gasteiger partial charge in [0.05, 0.1) is 17.1 Å². The van der Waals surface area contributed by atoms with Crippen molar-refractivity contribution in [3.05, 3.63) is 29.8 Å². The van der Waals surface area contributed by atoms with E-state index in [-0.39, 0.29) is 4.90 Å². The average Bonchev–Trinajstić information content (AvgIpc) is 2.48. The van der Waals surface area contributed by atoms with Gasteiger partial charge in [0.2, 0.25) is 10.0 Å². The molecular weight excluding hydrogens is 290 g/mol. The van der Waals surface area contributed by atoms with Gasteiger partial charge >= 0.3 is 5.97 Å². The van der Waals surface area contributed by atoms with Gasteiger partial charge in [0, 0.05) is 13.1 Å². The van der Waals surface area contributed by atoms with Gasteiger partial charge in [0.15, 0.2) is 0 Å². The van der Waals surface area contributed by atoms with Crippen LogP contribution < -0.4 is 0 Å². The molecule has 0 radical (unpaired) electrons. The molecular formula is C15H23NO4S. The number of nitrogens with zero attached hydrogens (tertiary/aromatic N) is 1. The number of hydrogen-bond acceptors (Lipinski definition) is 4. The zero-order chi connectivity index (χ0) is 15.9. The molecule has 5 nitrogen and oxygen atoms in total. The van der Waals surface area contributed by atoms with Crippen LogP contribution in [0.25, 0.3) is 0 Å². The van der Waals surface area contributed by atoms with Crippen molar-refractivity contribution >= 4 is 16.0 Å². The molecule has 0 fully saturated rings. The Morgan fingerprint density at radius 2 is 1.76 bits per heavy atom. The van der Waals surface area contributed by atoms with Crippen LogP contribution in [0.15, 0.2) is 29.2 Å². The van der Waals surface area contributed by atoms with Crippen LogP contribution in [0.1, 0.15) is 44.0 Å². The largest absolute Gasteiger partial charge is 0.462 e. The summed E-state index contributed by atoms with van der Waals surface area (Å²) in [5, 5.41) is 0. The van der Waals surface area contributed by atoms with E-state index in [1.54, 1.807) is 6.92 Å². The quantitative estimate of drug-likeness (QED) is 0.692. The highest BCUT2D eigenvalue weighted by Crippen LogP contribution is 2.17. The molecule has 0 saturated carbocycles. The molecule has 21 heavy (non-hydrogen) atoms. The second-order valence-electron chi connectivity index (χ2n) is 4.60. The lowest BCUT2D eigenvalue weighted by atomic mass is 10.2. The minimum Gasteiger partial charge on any atom is -0.462 e. The van der Waals surface area contributed by atoms with E-state index in [0.29, 0.717) is 25.3 Å². The summed E-state index contributed by atoms with van der Waals surface area (Å²) in [4.78, 5) is 11.8. The van der Waals surface area contributed by atoms with Crippen LogP contribution in [0.5, 0.6) is 0 Å². The molecule has 0 aromatic heterocycles. The number of unbranched alkanes of at least 4 members (excludes halogenated alkanes) is 1. The lowest BCUT2D eigenvalue weighted by Crippen LogP contribution is -2.31. The van der Waals surface area contributed by atoms with Crippen molar-refractivity contribution in [1.29, 1.82) is 0 Å². The summed E-state index contributed by atoms with van der Waals surface area (Å²) in [6, 6.07) is 5.88. The molecule has 6 heteroatoms. The smallest absolute Gasteiger partial charge is 0.338 e. The Morgan fingerprint density at radius 3 is 2.24 bits per heavy atom. The van der Waals surface area contributed by atoms with Crippen LogP contribution >= 0.6 is 0 Å². The maximum absolute atomic E-state index is 12.5. The molecule has 0 spiro atoms. The molecule has 0 unspecified atom stereocenters. The number of carbonyl (C=O) groups is 1. The first-order valence-corrected chi connectivity index (χ1v) is 8.68. The number of sulfonamides is 1. The lowest BCUT2D eigenvalue weighted by Gasteiger charge is -2.20. The zero-order valence-corrected chi connectivity index (χ0v) is 13.6. The third-order valence-corrected chi connectivity index (χ3v) is 5.11. The fourth-order valence-corrected chi connectivity index (χ4v) is 3.40. The predicted octanol–water partition coefficient (Wildman–Crippen LogP) is 2.67. The van der Waals surface area contributed by atoms with Crippen molar-refractivity contribution in [3.63, 3.8) is 0 Å². The van der Waals surface area contributed by atoms with Crippen LogP contribution in [0.2, 0.25) is 0 Å². The van der Waals surface area contributed by atoms with Gasteiger partial charge in [-0.3, -0.25) is 0 Å². The van der Waals surface area contributed by atoms with Gasteiger partial charge in [-0.2, -0.15) is 4.31 Å². The SMILES string of the molecule is CCCCN(CC)S(=O)(=O)c1ccc(C(=O)OCC)cc1. The Balaban J connectivity index is 2.95. The van der Waals surface area contributed by atoms with Crippen molar-refractivity contribution in [3.8, 4) is 0 Å². The summed E-state index contributed by atoms with van der Waals surface area (Å²) >= 11 is 0. The molecule has 0 amide bonds. The average molecular weight is 313 g/mol. The van der Waals surface area contributed by atoms with Gasteiger partial charge < -0.3 is 4.74 Å². The Morgan fingerprint density at radius 1 is 1.14 bits per heavy atom. The Bertz CT molecular complexity index is 552. The van der Waals surface area contributed by atoms with Gasteiger partial charge in [0.25, 0.3) is 0 Å². The van der Waals surface area contributed by atoms with E-state index in [0.717, 1.165) is 12.8 Å². The molecule has 0 bridgehead atoms. The van der Waals surface area contributed by atoms with Crippen molar-refractivity contribution in [2.75, 3.05) is 19.7 Å². The fourth-order valence-electron chi connectivity index (χ4n) is 1.91. The number of carbonyl (C=O) groups excluding carboxylic acids is 1. The van der Waals surface area contributed by atoms with Gasteiger partial charge in [-0.25, -0.2) is 13.2 Å². The third kappa shape index (κ3) is 4.54. The van der Waals surface area contributed by atoms with E-state index in [1.807, 2.05) is 13.8 Å². The van der Waals surface area contributed by atoms with Crippen LogP contribution in [-0.4, -0.2) is 38.4 Å². The summed E-state index contributed by atoms with van der Waals surface area (Å²) in [7, 11) is -3.50. The van der Waals surface area contributed by atoms with E-state index in [2.05, 4.69) is 0 Å². The minimum absolute atomic E-state index is 0.202. The van der Waals surface area contributed by atoms with Crippen LogP contribution in [-0.2, 0) is 14.8 Å². The molecule has 0 aliphatic carbocycles. The lowest BCUT2D eigenvalue weighted by molar-refractivity contribution is 0.0526. The molecule has 118 valence electrons. The highest BCUT2D eigenvalue weighted by molar-refractivity contribution is 7.89. The minimum atomic E-state index is -3.50. The standard InChI is InChI=1S/C15H23NO4S/c1-4-7-12-16(5-2)21(18,19)14-10-8-13(9-11-14)15(17)20-6-3/h8-11H,4-7,12H2,1-3H3. The first kappa shape index (κ1) is 17.7. The fraction of sp³-hybridized carbons (Fsp3) is 0.533. The normalized spacial score (nSPS) is 11.6. The van der Waals surface area contributed by atoms with Crippen molar-refractivity contribution in [2.24, 2.45) is 0 Å². The van der Waals surface area contributed by atoms with E-state index in [4.69, 9.17) is 4.74 Å². The summed E-state index contributed by atoms with van der Waals surface area (Å²) in [6.45, 7) is 6.80. The second kappa shape index (κ2) is 8.14. The zero-order valence-electron chi connectivity index (χ0n) is 12.8. The van der Waals surface area contributed by atoms with E-state index in [9.17, 15) is 13.2 Å². The number of ether oxygens (including phenoxy) is 1. The van der Waals surface area contributed by atoms with E-state index < -0.39 is 16.0 Å². The highest BCUT2D eigenvalue weighted by Gasteiger charge is 2.22. The van der Waals surface area contributed by atoms with Gasteiger partial charge in [-0.1, -0.05) is 20.3 Å². The second-order valence-corrected chi connectivity index (χ2v) is 6.53. The maximum Gasteiger partial charge on any atom is 0.338 e. The van der Waals surface area contributed by atoms with Crippen LogP contribution in [0, 0.1) is 0 Å². The Labute approximate surface area is 127 Å². The Kier molecular flexibility index (Phi) is 6.84. The molecule has 0 saturated heterocycles. The predicted molar refractivity (Wildman–Crippen MR) is 81.7 cm³/mol. The molecule has 0 aliphatic rings. The van der Waals surface area contributed by atoms with E-state index in [1.165, 1.54) is 28.6 Å². The molecule has 1 aromatic carbocycles. The van der Waals surface area contributed by atoms with Gasteiger partial charge in [-0.15, -0.1) is 0 Å².